The Morgan fingerprint density at radius 1 is 1.00 bits per heavy atom. The van der Waals surface area contributed by atoms with E-state index in [9.17, 15) is 4.39 Å². The van der Waals surface area contributed by atoms with Gasteiger partial charge in [0, 0.05) is 0 Å². The number of rotatable bonds is 4. The molecule has 0 aromatic heterocycles. The third-order valence-corrected chi connectivity index (χ3v) is 6.53. The fourth-order valence-electron chi connectivity index (χ4n) is 2.12. The van der Waals surface area contributed by atoms with Gasteiger partial charge < -0.3 is 0 Å². The molecule has 0 saturated heterocycles. The van der Waals surface area contributed by atoms with Crippen LogP contribution in [0.4, 0.5) is 4.39 Å². The Balaban J connectivity index is 2.55. The predicted molar refractivity (Wildman–Crippen MR) is 98.6 cm³/mol. The monoisotopic (exact) mass is 472 g/mol. The molecule has 2 rings (SSSR count). The summed E-state index contributed by atoms with van der Waals surface area (Å²) in [5, 5.41) is 0. The van der Waals surface area contributed by atoms with Gasteiger partial charge in [0.25, 0.3) is 0 Å². The van der Waals surface area contributed by atoms with E-state index in [4.69, 9.17) is 0 Å². The Bertz CT molecular complexity index is 644. The molecule has 0 heterocycles. The molecule has 2 aromatic rings. The van der Waals surface area contributed by atoms with Gasteiger partial charge in [0.15, 0.2) is 0 Å². The van der Waals surface area contributed by atoms with Crippen LogP contribution >= 0.6 is 31.9 Å². The Kier molecular flexibility index (Phi) is 6.28. The average molecular weight is 474 g/mol. The van der Waals surface area contributed by atoms with Crippen LogP contribution in [-0.2, 0) is 0 Å². The summed E-state index contributed by atoms with van der Waals surface area (Å²) in [6, 6.07) is 15.1. The molecule has 0 aliphatic carbocycles. The molecule has 0 amide bonds. The van der Waals surface area contributed by atoms with E-state index in [1.807, 2.05) is 12.1 Å². The molecule has 4 heteroatoms. The van der Waals surface area contributed by atoms with Gasteiger partial charge in [0.05, 0.1) is 0 Å². The molecule has 0 aliphatic heterocycles. The van der Waals surface area contributed by atoms with Crippen molar-refractivity contribution in [2.75, 3.05) is 0 Å². The normalized spacial score (nSPS) is 11.3. The first-order valence-electron chi connectivity index (χ1n) is 6.66. The summed E-state index contributed by atoms with van der Waals surface area (Å²) >= 11 is 6.89. The van der Waals surface area contributed by atoms with Crippen LogP contribution < -0.4 is 4.35 Å². The minimum atomic E-state index is -0.215. The van der Waals surface area contributed by atoms with Crippen molar-refractivity contribution in [2.24, 2.45) is 0 Å². The Morgan fingerprint density at radius 2 is 1.62 bits per heavy atom. The summed E-state index contributed by atoms with van der Waals surface area (Å²) in [6.07, 6.45) is 0. The van der Waals surface area contributed by atoms with Crippen LogP contribution in [0.25, 0.3) is 5.57 Å². The van der Waals surface area contributed by atoms with Crippen LogP contribution in [0.15, 0.2) is 51.9 Å². The van der Waals surface area contributed by atoms with Crippen LogP contribution in [0.1, 0.15) is 25.0 Å². The van der Waals surface area contributed by atoms with Crippen molar-refractivity contribution in [3.63, 3.8) is 0 Å². The van der Waals surface area contributed by atoms with Crippen LogP contribution in [0.5, 0.6) is 0 Å². The first-order valence-corrected chi connectivity index (χ1v) is 10.5. The quantitative estimate of drug-likeness (QED) is 0.534. The number of halogens is 3. The van der Waals surface area contributed by atoms with Crippen LogP contribution in [0.3, 0.4) is 0 Å². The molecule has 2 aromatic carbocycles. The van der Waals surface area contributed by atoms with Crippen molar-refractivity contribution in [1.82, 2.24) is 0 Å². The summed E-state index contributed by atoms with van der Waals surface area (Å²) in [4.78, 5) is 0. The summed E-state index contributed by atoms with van der Waals surface area (Å²) in [5.74, 6) is -0.215. The topological polar surface area (TPSA) is 0 Å². The molecule has 1 atom stereocenters. The second kappa shape index (κ2) is 7.76. The Hall–Kier alpha value is -0.372. The van der Waals surface area contributed by atoms with Crippen LogP contribution in [0.2, 0.25) is 4.71 Å². The summed E-state index contributed by atoms with van der Waals surface area (Å²) in [7, 11) is 0. The molecule has 21 heavy (non-hydrogen) atoms. The summed E-state index contributed by atoms with van der Waals surface area (Å²) in [5.41, 5.74) is 3.31. The molecule has 0 spiro atoms. The third-order valence-electron chi connectivity index (χ3n) is 2.96. The van der Waals surface area contributed by atoms with Crippen LogP contribution in [0, 0.1) is 5.82 Å². The van der Waals surface area contributed by atoms with Crippen molar-refractivity contribution in [2.45, 2.75) is 18.6 Å². The van der Waals surface area contributed by atoms with E-state index < -0.39 is 0 Å². The minimum absolute atomic E-state index is 0.208. The van der Waals surface area contributed by atoms with Crippen molar-refractivity contribution in [1.29, 1.82) is 0 Å². The van der Waals surface area contributed by atoms with Gasteiger partial charge in [-0.3, -0.25) is 0 Å². The zero-order valence-electron chi connectivity index (χ0n) is 11.8. The molecule has 0 saturated carbocycles. The standard InChI is InChI=1S/C17H16AsBr2F/c1-11(2)18-15-6-4-3-5-14(15)16(17(19)20)12-7-9-13(21)10-8-12/h3-11,18H,1-2H3. The molecule has 0 N–H and O–H groups in total. The zero-order chi connectivity index (χ0) is 15.4. The van der Waals surface area contributed by atoms with Crippen molar-refractivity contribution in [3.05, 3.63) is 68.9 Å². The molecule has 0 radical (unpaired) electrons. The van der Waals surface area contributed by atoms with E-state index >= 15 is 0 Å². The summed E-state index contributed by atoms with van der Waals surface area (Å²) in [6.45, 7) is 4.53. The molecular weight excluding hydrogens is 458 g/mol. The Labute approximate surface area is 148 Å². The second-order valence-corrected chi connectivity index (χ2v) is 11.8. The van der Waals surface area contributed by atoms with E-state index in [1.54, 1.807) is 0 Å². The molecule has 110 valence electrons. The van der Waals surface area contributed by atoms with Crippen molar-refractivity contribution < 1.29 is 4.39 Å². The van der Waals surface area contributed by atoms with Crippen molar-refractivity contribution >= 4 is 57.5 Å². The second-order valence-electron chi connectivity index (χ2n) is 4.99. The molecule has 0 bridgehead atoms. The predicted octanol–water partition coefficient (Wildman–Crippen LogP) is 5.22. The van der Waals surface area contributed by atoms with Crippen molar-refractivity contribution in [3.8, 4) is 0 Å². The number of benzene rings is 2. The molecule has 0 nitrogen and oxygen atoms in total. The van der Waals surface area contributed by atoms with Gasteiger partial charge in [-0.25, -0.2) is 0 Å². The average Bonchev–Trinajstić information content (AvgIpc) is 2.42. The van der Waals surface area contributed by atoms with E-state index in [1.165, 1.54) is 22.0 Å². The van der Waals surface area contributed by atoms with Gasteiger partial charge in [0.1, 0.15) is 0 Å². The van der Waals surface area contributed by atoms with E-state index in [2.05, 4.69) is 70.0 Å². The summed E-state index contributed by atoms with van der Waals surface area (Å²) < 4.78 is 16.2. The molecule has 1 unspecified atom stereocenters. The van der Waals surface area contributed by atoms with Gasteiger partial charge in [-0.05, 0) is 0 Å². The number of hydrogen-bond donors (Lipinski definition) is 0. The third kappa shape index (κ3) is 4.55. The fraction of sp³-hybridized carbons (Fsp3) is 0.176. The van der Waals surface area contributed by atoms with Gasteiger partial charge in [-0.1, -0.05) is 0 Å². The fourth-order valence-corrected chi connectivity index (χ4v) is 5.48. The van der Waals surface area contributed by atoms with Gasteiger partial charge in [-0.15, -0.1) is 0 Å². The SMILES string of the molecule is CC(C)[AsH]c1ccccc1C(=C(Br)Br)c1ccc(F)cc1. The van der Waals surface area contributed by atoms with Gasteiger partial charge in [-0.2, -0.15) is 0 Å². The van der Waals surface area contributed by atoms with Gasteiger partial charge in [0.2, 0.25) is 0 Å². The van der Waals surface area contributed by atoms with E-state index in [0.29, 0.717) is 4.71 Å². The molecule has 0 fully saturated rings. The molecule has 0 aliphatic rings. The van der Waals surface area contributed by atoms with Gasteiger partial charge >= 0.3 is 149 Å². The van der Waals surface area contributed by atoms with E-state index in [0.717, 1.165) is 14.5 Å². The maximum absolute atomic E-state index is 13.2. The molecular formula is C17H16AsBr2F. The zero-order valence-corrected chi connectivity index (χ0v) is 17.1. The Morgan fingerprint density at radius 3 is 2.19 bits per heavy atom. The van der Waals surface area contributed by atoms with E-state index in [-0.39, 0.29) is 21.6 Å². The van der Waals surface area contributed by atoms with Crippen LogP contribution in [-0.4, -0.2) is 15.8 Å². The first-order chi connectivity index (χ1) is 9.99. The first kappa shape index (κ1) is 17.0. The maximum atomic E-state index is 13.2. The number of hydrogen-bond acceptors (Lipinski definition) is 0.